The molecule has 2 aromatic rings. The van der Waals surface area contributed by atoms with Gasteiger partial charge in [-0.3, -0.25) is 0 Å². The van der Waals surface area contributed by atoms with Crippen molar-refractivity contribution < 1.29 is 4.39 Å². The normalized spacial score (nSPS) is 17.6. The second-order valence-corrected chi connectivity index (χ2v) is 5.88. The quantitative estimate of drug-likeness (QED) is 0.911. The fraction of sp³-hybridized carbons (Fsp3) is 0.400. The Hall–Kier alpha value is -1.36. The van der Waals surface area contributed by atoms with Crippen LogP contribution in [0.3, 0.4) is 0 Å². The molecule has 0 fully saturated rings. The van der Waals surface area contributed by atoms with Gasteiger partial charge in [0, 0.05) is 6.54 Å². The molecule has 1 atom stereocenters. The van der Waals surface area contributed by atoms with Crippen LogP contribution in [-0.4, -0.2) is 16.3 Å². The standard InChI is InChI=1S/C15H17BrFN3/c1-2-4-12-14(16)15-18-8-7-13(20(15)19-12)10-5-3-6-11(17)9-10/h3,5-6,9,13,18H,2,4,7-8H2,1H3. The van der Waals surface area contributed by atoms with Crippen LogP contribution in [0.2, 0.25) is 0 Å². The molecule has 0 spiro atoms. The molecule has 1 aromatic heterocycles. The van der Waals surface area contributed by atoms with E-state index in [1.807, 2.05) is 10.7 Å². The Labute approximate surface area is 126 Å². The highest BCUT2D eigenvalue weighted by atomic mass is 79.9. The van der Waals surface area contributed by atoms with Crippen LogP contribution in [0.15, 0.2) is 28.7 Å². The number of rotatable bonds is 3. The van der Waals surface area contributed by atoms with Crippen LogP contribution in [0.1, 0.15) is 37.1 Å². The second kappa shape index (κ2) is 5.56. The van der Waals surface area contributed by atoms with E-state index in [1.54, 1.807) is 12.1 Å². The van der Waals surface area contributed by atoms with Crippen molar-refractivity contribution in [3.05, 3.63) is 45.8 Å². The van der Waals surface area contributed by atoms with Gasteiger partial charge < -0.3 is 5.32 Å². The molecule has 0 radical (unpaired) electrons. The van der Waals surface area contributed by atoms with E-state index >= 15 is 0 Å². The highest BCUT2D eigenvalue weighted by Crippen LogP contribution is 2.36. The minimum atomic E-state index is -0.192. The van der Waals surface area contributed by atoms with Crippen LogP contribution in [0.5, 0.6) is 0 Å². The number of aromatic nitrogens is 2. The Morgan fingerprint density at radius 1 is 1.50 bits per heavy atom. The lowest BCUT2D eigenvalue weighted by Crippen LogP contribution is -2.24. The van der Waals surface area contributed by atoms with Gasteiger partial charge in [0.1, 0.15) is 11.6 Å². The lowest BCUT2D eigenvalue weighted by molar-refractivity contribution is 0.474. The van der Waals surface area contributed by atoms with Crippen LogP contribution in [-0.2, 0) is 6.42 Å². The Kier molecular flexibility index (Phi) is 3.78. The summed E-state index contributed by atoms with van der Waals surface area (Å²) in [5.41, 5.74) is 2.05. The molecule has 3 rings (SSSR count). The number of anilines is 1. The highest BCUT2D eigenvalue weighted by molar-refractivity contribution is 9.10. The summed E-state index contributed by atoms with van der Waals surface area (Å²) in [4.78, 5) is 0. The summed E-state index contributed by atoms with van der Waals surface area (Å²) >= 11 is 3.63. The lowest BCUT2D eigenvalue weighted by atomic mass is 10.0. The molecule has 1 unspecified atom stereocenters. The maximum absolute atomic E-state index is 13.4. The molecule has 0 saturated heterocycles. The SMILES string of the molecule is CCCc1nn2c(c1Br)NCCC2c1cccc(F)c1. The molecule has 0 saturated carbocycles. The number of nitrogens with one attached hydrogen (secondary N) is 1. The van der Waals surface area contributed by atoms with E-state index in [0.29, 0.717) is 0 Å². The molecule has 0 bridgehead atoms. The summed E-state index contributed by atoms with van der Waals surface area (Å²) in [5.74, 6) is 0.816. The number of aryl methyl sites for hydroxylation is 1. The zero-order valence-electron chi connectivity index (χ0n) is 11.4. The maximum Gasteiger partial charge on any atom is 0.139 e. The van der Waals surface area contributed by atoms with Crippen LogP contribution < -0.4 is 5.32 Å². The van der Waals surface area contributed by atoms with Crippen molar-refractivity contribution in [2.24, 2.45) is 0 Å². The van der Waals surface area contributed by atoms with Gasteiger partial charge in [0.15, 0.2) is 0 Å². The van der Waals surface area contributed by atoms with Crippen molar-refractivity contribution in [2.45, 2.75) is 32.2 Å². The van der Waals surface area contributed by atoms with Gasteiger partial charge in [0.2, 0.25) is 0 Å². The summed E-state index contributed by atoms with van der Waals surface area (Å²) in [6.07, 6.45) is 2.91. The van der Waals surface area contributed by atoms with Crippen LogP contribution in [0, 0.1) is 5.82 Å². The van der Waals surface area contributed by atoms with Gasteiger partial charge in [-0.1, -0.05) is 25.5 Å². The Bertz CT molecular complexity index is 624. The summed E-state index contributed by atoms with van der Waals surface area (Å²) in [5, 5.41) is 8.10. The van der Waals surface area contributed by atoms with Crippen molar-refractivity contribution >= 4 is 21.7 Å². The first kappa shape index (κ1) is 13.6. The highest BCUT2D eigenvalue weighted by Gasteiger charge is 2.26. The monoisotopic (exact) mass is 337 g/mol. The van der Waals surface area contributed by atoms with Crippen molar-refractivity contribution in [3.8, 4) is 0 Å². The molecular weight excluding hydrogens is 321 g/mol. The van der Waals surface area contributed by atoms with Gasteiger partial charge in [-0.15, -0.1) is 0 Å². The van der Waals surface area contributed by atoms with Crippen LogP contribution >= 0.6 is 15.9 Å². The smallest absolute Gasteiger partial charge is 0.139 e. The first-order valence-electron chi connectivity index (χ1n) is 6.97. The number of nitrogens with zero attached hydrogens (tertiary/aromatic N) is 2. The van der Waals surface area contributed by atoms with Gasteiger partial charge in [-0.25, -0.2) is 9.07 Å². The average molecular weight is 338 g/mol. The summed E-state index contributed by atoms with van der Waals surface area (Å²) in [6.45, 7) is 3.01. The zero-order chi connectivity index (χ0) is 14.1. The maximum atomic E-state index is 13.4. The van der Waals surface area contributed by atoms with Gasteiger partial charge in [-0.2, -0.15) is 5.10 Å². The van der Waals surface area contributed by atoms with Crippen molar-refractivity contribution in [2.75, 3.05) is 11.9 Å². The average Bonchev–Trinajstić information content (AvgIpc) is 2.76. The van der Waals surface area contributed by atoms with Gasteiger partial charge in [-0.05, 0) is 46.5 Å². The summed E-state index contributed by atoms with van der Waals surface area (Å²) in [6, 6.07) is 6.92. The minimum Gasteiger partial charge on any atom is -0.369 e. The van der Waals surface area contributed by atoms with E-state index in [0.717, 1.165) is 47.4 Å². The summed E-state index contributed by atoms with van der Waals surface area (Å²) < 4.78 is 16.5. The number of hydrogen-bond donors (Lipinski definition) is 1. The molecule has 1 aliphatic heterocycles. The van der Waals surface area contributed by atoms with E-state index in [1.165, 1.54) is 6.07 Å². The van der Waals surface area contributed by atoms with Crippen molar-refractivity contribution in [1.29, 1.82) is 0 Å². The molecule has 5 heteroatoms. The molecule has 2 heterocycles. The van der Waals surface area contributed by atoms with E-state index in [2.05, 4.69) is 28.2 Å². The third-order valence-corrected chi connectivity index (χ3v) is 4.48. The second-order valence-electron chi connectivity index (χ2n) is 5.09. The minimum absolute atomic E-state index is 0.101. The van der Waals surface area contributed by atoms with Crippen molar-refractivity contribution in [1.82, 2.24) is 9.78 Å². The largest absolute Gasteiger partial charge is 0.369 e. The first-order valence-corrected chi connectivity index (χ1v) is 7.76. The molecule has 1 aliphatic rings. The molecule has 20 heavy (non-hydrogen) atoms. The van der Waals surface area contributed by atoms with Crippen molar-refractivity contribution in [3.63, 3.8) is 0 Å². The van der Waals surface area contributed by atoms with E-state index in [-0.39, 0.29) is 11.9 Å². The molecule has 1 aromatic carbocycles. The van der Waals surface area contributed by atoms with Crippen LogP contribution in [0.4, 0.5) is 10.2 Å². The predicted molar refractivity (Wildman–Crippen MR) is 81.6 cm³/mol. The first-order chi connectivity index (χ1) is 9.70. The van der Waals surface area contributed by atoms with E-state index in [4.69, 9.17) is 5.10 Å². The molecule has 0 aliphatic carbocycles. The fourth-order valence-electron chi connectivity index (χ4n) is 2.71. The Morgan fingerprint density at radius 3 is 3.10 bits per heavy atom. The van der Waals surface area contributed by atoms with E-state index < -0.39 is 0 Å². The van der Waals surface area contributed by atoms with Crippen LogP contribution in [0.25, 0.3) is 0 Å². The molecular formula is C15H17BrFN3. The topological polar surface area (TPSA) is 29.9 Å². The number of fused-ring (bicyclic) bond motifs is 1. The molecule has 0 amide bonds. The Morgan fingerprint density at radius 2 is 2.35 bits per heavy atom. The van der Waals surface area contributed by atoms with Gasteiger partial charge >= 0.3 is 0 Å². The third-order valence-electron chi connectivity index (χ3n) is 3.64. The predicted octanol–water partition coefficient (Wildman–Crippen LogP) is 4.14. The fourth-order valence-corrected chi connectivity index (χ4v) is 3.31. The molecule has 106 valence electrons. The Balaban J connectivity index is 2.03. The number of benzene rings is 1. The molecule has 3 nitrogen and oxygen atoms in total. The lowest BCUT2D eigenvalue weighted by Gasteiger charge is -2.26. The van der Waals surface area contributed by atoms with E-state index in [9.17, 15) is 4.39 Å². The third kappa shape index (κ3) is 2.35. The number of hydrogen-bond acceptors (Lipinski definition) is 2. The summed E-state index contributed by atoms with van der Waals surface area (Å²) in [7, 11) is 0. The zero-order valence-corrected chi connectivity index (χ0v) is 13.0. The van der Waals surface area contributed by atoms with Gasteiger partial charge in [0.25, 0.3) is 0 Å². The number of halogens is 2. The molecule has 1 N–H and O–H groups in total. The van der Waals surface area contributed by atoms with Gasteiger partial charge in [0.05, 0.1) is 16.2 Å².